The molecule has 0 saturated carbocycles. The van der Waals surface area contributed by atoms with Crippen LogP contribution in [0.1, 0.15) is 54.5 Å². The quantitative estimate of drug-likeness (QED) is 0.669. The molecule has 2 aromatic carbocycles. The Kier molecular flexibility index (Phi) is 8.79. The molecular formula is C22H29ClN2O2. The van der Waals surface area contributed by atoms with Gasteiger partial charge >= 0.3 is 0 Å². The average molecular weight is 389 g/mol. The van der Waals surface area contributed by atoms with E-state index in [4.69, 9.17) is 10.5 Å². The van der Waals surface area contributed by atoms with Crippen LogP contribution in [0.2, 0.25) is 0 Å². The highest BCUT2D eigenvalue weighted by Gasteiger charge is 2.19. The Balaban J connectivity index is 0.00000261. The summed E-state index contributed by atoms with van der Waals surface area (Å²) in [6.07, 6.45) is 4.71. The number of hydrogen-bond acceptors (Lipinski definition) is 3. The molecule has 27 heavy (non-hydrogen) atoms. The molecule has 1 aliphatic carbocycles. The van der Waals surface area contributed by atoms with Crippen molar-refractivity contribution in [1.82, 2.24) is 5.32 Å². The van der Waals surface area contributed by atoms with Gasteiger partial charge in [0.15, 0.2) is 0 Å². The molecule has 0 heterocycles. The molecule has 1 aliphatic rings. The number of carbonyl (C=O) groups excluding carboxylic acids is 1. The fraction of sp³-hybridized carbons (Fsp3) is 0.409. The van der Waals surface area contributed by atoms with Crippen LogP contribution in [0.25, 0.3) is 0 Å². The van der Waals surface area contributed by atoms with Gasteiger partial charge < -0.3 is 15.8 Å². The highest BCUT2D eigenvalue weighted by Crippen LogP contribution is 2.32. The standard InChI is InChI=1S/C22H28N2O2.ClH/c23-20(18-9-2-1-3-10-18)16-22(25)24-14-7-15-26-21-13-6-11-17-8-4-5-12-19(17)21;/h1-5,8-10,12,20-21H,6-7,11,13-16,23H2,(H,24,25);1H. The second-order valence-electron chi connectivity index (χ2n) is 6.88. The summed E-state index contributed by atoms with van der Waals surface area (Å²) < 4.78 is 6.07. The van der Waals surface area contributed by atoms with Gasteiger partial charge in [0.25, 0.3) is 0 Å². The maximum absolute atomic E-state index is 12.0. The number of rotatable bonds is 8. The minimum absolute atomic E-state index is 0. The van der Waals surface area contributed by atoms with Crippen molar-refractivity contribution in [2.75, 3.05) is 13.2 Å². The van der Waals surface area contributed by atoms with Crippen LogP contribution in [-0.2, 0) is 16.0 Å². The van der Waals surface area contributed by atoms with Gasteiger partial charge in [-0.2, -0.15) is 0 Å². The zero-order chi connectivity index (χ0) is 18.2. The van der Waals surface area contributed by atoms with Gasteiger partial charge in [-0.05, 0) is 42.4 Å². The number of hydrogen-bond donors (Lipinski definition) is 2. The second kappa shape index (κ2) is 11.1. The van der Waals surface area contributed by atoms with Crippen molar-refractivity contribution in [1.29, 1.82) is 0 Å². The molecule has 0 saturated heterocycles. The van der Waals surface area contributed by atoms with Gasteiger partial charge in [0.1, 0.15) is 0 Å². The Morgan fingerprint density at radius 1 is 1.15 bits per heavy atom. The zero-order valence-corrected chi connectivity index (χ0v) is 16.4. The van der Waals surface area contributed by atoms with E-state index >= 15 is 0 Å². The van der Waals surface area contributed by atoms with Crippen LogP contribution in [0.15, 0.2) is 54.6 Å². The van der Waals surface area contributed by atoms with Gasteiger partial charge in [-0.1, -0.05) is 54.6 Å². The van der Waals surface area contributed by atoms with E-state index in [0.29, 0.717) is 19.6 Å². The average Bonchev–Trinajstić information content (AvgIpc) is 2.68. The van der Waals surface area contributed by atoms with Crippen molar-refractivity contribution in [3.63, 3.8) is 0 Å². The molecule has 146 valence electrons. The van der Waals surface area contributed by atoms with Crippen LogP contribution in [-0.4, -0.2) is 19.1 Å². The van der Waals surface area contributed by atoms with Gasteiger partial charge in [-0.25, -0.2) is 0 Å². The highest BCUT2D eigenvalue weighted by molar-refractivity contribution is 5.85. The van der Waals surface area contributed by atoms with Gasteiger partial charge in [0, 0.05) is 25.6 Å². The Morgan fingerprint density at radius 2 is 1.89 bits per heavy atom. The number of aryl methyl sites for hydroxylation is 1. The molecule has 2 unspecified atom stereocenters. The lowest BCUT2D eigenvalue weighted by Gasteiger charge is -2.25. The maximum Gasteiger partial charge on any atom is 0.221 e. The van der Waals surface area contributed by atoms with E-state index in [2.05, 4.69) is 29.6 Å². The third kappa shape index (κ3) is 6.35. The summed E-state index contributed by atoms with van der Waals surface area (Å²) in [5.74, 6) is -0.00985. The minimum atomic E-state index is -0.258. The molecule has 5 heteroatoms. The summed E-state index contributed by atoms with van der Waals surface area (Å²) in [4.78, 5) is 12.0. The monoisotopic (exact) mass is 388 g/mol. The normalized spacial score (nSPS) is 16.7. The number of ether oxygens (including phenoxy) is 1. The van der Waals surface area contributed by atoms with E-state index in [1.807, 2.05) is 30.3 Å². The van der Waals surface area contributed by atoms with Crippen molar-refractivity contribution in [2.45, 2.75) is 44.2 Å². The Morgan fingerprint density at radius 3 is 2.70 bits per heavy atom. The van der Waals surface area contributed by atoms with E-state index in [9.17, 15) is 4.79 Å². The number of carbonyl (C=O) groups is 1. The number of nitrogens with one attached hydrogen (secondary N) is 1. The van der Waals surface area contributed by atoms with Gasteiger partial charge in [-0.15, -0.1) is 12.4 Å². The molecule has 2 aromatic rings. The molecule has 0 spiro atoms. The molecule has 3 rings (SSSR count). The molecule has 2 atom stereocenters. The third-order valence-electron chi connectivity index (χ3n) is 4.91. The molecule has 0 bridgehead atoms. The largest absolute Gasteiger partial charge is 0.373 e. The fourth-order valence-electron chi connectivity index (χ4n) is 3.50. The number of fused-ring (bicyclic) bond motifs is 1. The summed E-state index contributed by atoms with van der Waals surface area (Å²) in [5.41, 5.74) is 9.81. The van der Waals surface area contributed by atoms with Crippen LogP contribution >= 0.6 is 12.4 Å². The molecule has 1 amide bonds. The van der Waals surface area contributed by atoms with Crippen LogP contribution < -0.4 is 11.1 Å². The summed E-state index contributed by atoms with van der Waals surface area (Å²) >= 11 is 0. The van der Waals surface area contributed by atoms with E-state index in [0.717, 1.165) is 24.8 Å². The van der Waals surface area contributed by atoms with Crippen LogP contribution in [0, 0.1) is 0 Å². The molecular weight excluding hydrogens is 360 g/mol. The van der Waals surface area contributed by atoms with Crippen LogP contribution in [0.3, 0.4) is 0 Å². The Labute approximate surface area is 167 Å². The van der Waals surface area contributed by atoms with E-state index < -0.39 is 0 Å². The number of benzene rings is 2. The van der Waals surface area contributed by atoms with E-state index in [-0.39, 0.29) is 30.5 Å². The first-order chi connectivity index (χ1) is 12.7. The number of nitrogens with two attached hydrogens (primary N) is 1. The van der Waals surface area contributed by atoms with E-state index in [1.165, 1.54) is 17.5 Å². The highest BCUT2D eigenvalue weighted by atomic mass is 35.5. The van der Waals surface area contributed by atoms with E-state index in [1.54, 1.807) is 0 Å². The van der Waals surface area contributed by atoms with Crippen LogP contribution in [0.4, 0.5) is 0 Å². The lowest BCUT2D eigenvalue weighted by Crippen LogP contribution is -2.29. The topological polar surface area (TPSA) is 64.4 Å². The second-order valence-corrected chi connectivity index (χ2v) is 6.88. The van der Waals surface area contributed by atoms with Crippen LogP contribution in [0.5, 0.6) is 0 Å². The maximum atomic E-state index is 12.0. The fourth-order valence-corrected chi connectivity index (χ4v) is 3.50. The first-order valence-electron chi connectivity index (χ1n) is 9.50. The smallest absolute Gasteiger partial charge is 0.221 e. The molecule has 0 fully saturated rings. The van der Waals surface area contributed by atoms with Gasteiger partial charge in [-0.3, -0.25) is 4.79 Å². The SMILES string of the molecule is Cl.NC(CC(=O)NCCCOC1CCCc2ccccc21)c1ccccc1. The summed E-state index contributed by atoms with van der Waals surface area (Å²) in [7, 11) is 0. The predicted molar refractivity (Wildman–Crippen MR) is 111 cm³/mol. The summed E-state index contributed by atoms with van der Waals surface area (Å²) in [6, 6.07) is 18.0. The Hall–Kier alpha value is -1.88. The molecule has 3 N–H and O–H groups in total. The Bertz CT molecular complexity index is 708. The lowest BCUT2D eigenvalue weighted by molar-refractivity contribution is -0.121. The molecule has 0 aliphatic heterocycles. The molecule has 0 radical (unpaired) electrons. The van der Waals surface area contributed by atoms with Crippen molar-refractivity contribution in [3.05, 3.63) is 71.3 Å². The number of amides is 1. The summed E-state index contributed by atoms with van der Waals surface area (Å²) in [6.45, 7) is 1.28. The third-order valence-corrected chi connectivity index (χ3v) is 4.91. The summed E-state index contributed by atoms with van der Waals surface area (Å²) in [5, 5.41) is 2.94. The van der Waals surface area contributed by atoms with Gasteiger partial charge in [0.05, 0.1) is 6.10 Å². The first kappa shape index (κ1) is 21.4. The molecule has 0 aromatic heterocycles. The van der Waals surface area contributed by atoms with Gasteiger partial charge in [0.2, 0.25) is 5.91 Å². The van der Waals surface area contributed by atoms with Crippen molar-refractivity contribution < 1.29 is 9.53 Å². The number of halogens is 1. The van der Waals surface area contributed by atoms with Crippen molar-refractivity contribution in [3.8, 4) is 0 Å². The minimum Gasteiger partial charge on any atom is -0.373 e. The van der Waals surface area contributed by atoms with Crippen molar-refractivity contribution >= 4 is 18.3 Å². The molecule has 4 nitrogen and oxygen atoms in total. The van der Waals surface area contributed by atoms with Crippen molar-refractivity contribution in [2.24, 2.45) is 5.73 Å². The zero-order valence-electron chi connectivity index (χ0n) is 15.6. The first-order valence-corrected chi connectivity index (χ1v) is 9.50. The lowest BCUT2D eigenvalue weighted by atomic mass is 9.89. The predicted octanol–water partition coefficient (Wildman–Crippen LogP) is 4.10.